The molecule has 0 spiro atoms. The summed E-state index contributed by atoms with van der Waals surface area (Å²) in [6, 6.07) is 4.02. The Bertz CT molecular complexity index is 758. The van der Waals surface area contributed by atoms with Crippen molar-refractivity contribution < 1.29 is 31.1 Å². The van der Waals surface area contributed by atoms with Gasteiger partial charge in [0.15, 0.2) is 0 Å². The molecule has 25 heavy (non-hydrogen) atoms. The Kier molecular flexibility index (Phi) is 4.67. The smallest absolute Gasteiger partial charge is 0.417 e. The average Bonchev–Trinajstić information content (AvgIpc) is 3.00. The number of carbonyl (C=O) groups is 1. The Morgan fingerprint density at radius 1 is 1.08 bits per heavy atom. The van der Waals surface area contributed by atoms with E-state index in [1.807, 2.05) is 0 Å². The second-order valence-electron chi connectivity index (χ2n) is 5.94. The van der Waals surface area contributed by atoms with Crippen molar-refractivity contribution in [3.8, 4) is 0 Å². The number of hydrogen-bond donors (Lipinski definition) is 0. The number of rotatable bonds is 3. The van der Waals surface area contributed by atoms with Crippen LogP contribution in [0, 0.1) is 0 Å². The van der Waals surface area contributed by atoms with Crippen molar-refractivity contribution in [3.05, 3.63) is 29.8 Å². The first-order valence-corrected chi connectivity index (χ1v) is 9.25. The lowest BCUT2D eigenvalue weighted by Crippen LogP contribution is -2.47. The Hall–Kier alpha value is -1.81. The van der Waals surface area contributed by atoms with E-state index in [1.54, 1.807) is 4.90 Å². The van der Waals surface area contributed by atoms with Gasteiger partial charge in [-0.15, -0.1) is 0 Å². The normalized spacial score (nSPS) is 20.8. The van der Waals surface area contributed by atoms with E-state index in [9.17, 15) is 26.4 Å². The quantitative estimate of drug-likeness (QED) is 0.810. The van der Waals surface area contributed by atoms with Crippen LogP contribution in [0.3, 0.4) is 0 Å². The van der Waals surface area contributed by atoms with E-state index in [2.05, 4.69) is 0 Å². The molecule has 2 aliphatic heterocycles. The summed E-state index contributed by atoms with van der Waals surface area (Å²) in [6.45, 7) is 0.870. The lowest BCUT2D eigenvalue weighted by molar-refractivity contribution is -0.139. The van der Waals surface area contributed by atoms with E-state index in [4.69, 9.17) is 4.74 Å². The zero-order chi connectivity index (χ0) is 18.2. The standard InChI is InChI=1S/C15H17F3N2O4S/c16-15(17,18)12-3-1-2-4-13(12)25(22,23)19-7-5-11(6-8-19)20-9-10-24-14(20)21/h1-4,11H,5-10H2. The summed E-state index contributed by atoms with van der Waals surface area (Å²) in [7, 11) is -4.26. The number of carbonyl (C=O) groups excluding carboxylic acids is 1. The number of benzene rings is 1. The highest BCUT2D eigenvalue weighted by atomic mass is 32.2. The van der Waals surface area contributed by atoms with Gasteiger partial charge in [0.05, 0.1) is 17.0 Å². The molecule has 0 atom stereocenters. The maximum atomic E-state index is 13.1. The Balaban J connectivity index is 1.78. The molecule has 3 rings (SSSR count). The zero-order valence-electron chi connectivity index (χ0n) is 13.2. The first-order chi connectivity index (χ1) is 11.7. The highest BCUT2D eigenvalue weighted by Gasteiger charge is 2.40. The number of alkyl halides is 3. The minimum absolute atomic E-state index is 0.0585. The second kappa shape index (κ2) is 6.49. The van der Waals surface area contributed by atoms with Gasteiger partial charge in [0.2, 0.25) is 10.0 Å². The third-order valence-electron chi connectivity index (χ3n) is 4.47. The van der Waals surface area contributed by atoms with Gasteiger partial charge in [0.1, 0.15) is 6.61 Å². The SMILES string of the molecule is O=C1OCCN1C1CCN(S(=O)(=O)c2ccccc2C(F)(F)F)CC1. The Morgan fingerprint density at radius 2 is 1.72 bits per heavy atom. The number of nitrogens with zero attached hydrogens (tertiary/aromatic N) is 2. The molecule has 0 aliphatic carbocycles. The summed E-state index contributed by atoms with van der Waals surface area (Å²) < 4.78 is 70.6. The molecule has 10 heteroatoms. The van der Waals surface area contributed by atoms with Crippen molar-refractivity contribution in [3.63, 3.8) is 0 Å². The number of ether oxygens (including phenoxy) is 1. The van der Waals surface area contributed by atoms with Gasteiger partial charge in [0, 0.05) is 19.1 Å². The summed E-state index contributed by atoms with van der Waals surface area (Å²) >= 11 is 0. The molecule has 0 aromatic heterocycles. The van der Waals surface area contributed by atoms with Gasteiger partial charge in [-0.3, -0.25) is 0 Å². The summed E-state index contributed by atoms with van der Waals surface area (Å²) in [5.41, 5.74) is -1.17. The Labute approximate surface area is 143 Å². The molecule has 0 bridgehead atoms. The van der Waals surface area contributed by atoms with Crippen LogP contribution < -0.4 is 0 Å². The highest BCUT2D eigenvalue weighted by molar-refractivity contribution is 7.89. The average molecular weight is 378 g/mol. The van der Waals surface area contributed by atoms with Crippen LogP contribution in [0.25, 0.3) is 0 Å². The van der Waals surface area contributed by atoms with Crippen LogP contribution >= 0.6 is 0 Å². The molecule has 1 amide bonds. The lowest BCUT2D eigenvalue weighted by atomic mass is 10.1. The molecule has 2 saturated heterocycles. The molecule has 1 aromatic rings. The number of cyclic esters (lactones) is 1. The molecule has 0 N–H and O–H groups in total. The monoisotopic (exact) mass is 378 g/mol. The molecule has 138 valence electrons. The first kappa shape index (κ1) is 18.0. The second-order valence-corrected chi connectivity index (χ2v) is 7.84. The van der Waals surface area contributed by atoms with E-state index in [0.717, 1.165) is 22.5 Å². The Morgan fingerprint density at radius 3 is 2.28 bits per heavy atom. The summed E-state index contributed by atoms with van der Waals surface area (Å²) in [5, 5.41) is 0. The highest BCUT2D eigenvalue weighted by Crippen LogP contribution is 2.36. The summed E-state index contributed by atoms with van der Waals surface area (Å²) in [6.07, 6.45) is -4.45. The molecule has 0 radical (unpaired) electrons. The third kappa shape index (κ3) is 3.45. The molecule has 2 heterocycles. The fourth-order valence-corrected chi connectivity index (χ4v) is 4.88. The topological polar surface area (TPSA) is 66.9 Å². The number of amides is 1. The number of sulfonamides is 1. The summed E-state index contributed by atoms with van der Waals surface area (Å²) in [4.78, 5) is 12.4. The van der Waals surface area contributed by atoms with Crippen LogP contribution in [0.15, 0.2) is 29.2 Å². The number of hydrogen-bond acceptors (Lipinski definition) is 4. The molecule has 1 aromatic carbocycles. The van der Waals surface area contributed by atoms with Crippen LogP contribution in [0.4, 0.5) is 18.0 Å². The largest absolute Gasteiger partial charge is 0.448 e. The predicted molar refractivity (Wildman–Crippen MR) is 81.3 cm³/mol. The third-order valence-corrected chi connectivity index (χ3v) is 6.42. The molecule has 0 saturated carbocycles. The zero-order valence-corrected chi connectivity index (χ0v) is 14.0. The van der Waals surface area contributed by atoms with Crippen molar-refractivity contribution in [2.45, 2.75) is 30.0 Å². The molecule has 0 unspecified atom stereocenters. The van der Waals surface area contributed by atoms with Crippen LogP contribution in [-0.2, 0) is 20.9 Å². The van der Waals surface area contributed by atoms with E-state index in [0.29, 0.717) is 26.0 Å². The van der Waals surface area contributed by atoms with Gasteiger partial charge < -0.3 is 9.64 Å². The van der Waals surface area contributed by atoms with Crippen LogP contribution in [-0.4, -0.2) is 56.0 Å². The molecule has 6 nitrogen and oxygen atoms in total. The van der Waals surface area contributed by atoms with E-state index in [-0.39, 0.29) is 19.1 Å². The molecular weight excluding hydrogens is 361 g/mol. The fourth-order valence-electron chi connectivity index (χ4n) is 3.20. The van der Waals surface area contributed by atoms with Crippen LogP contribution in [0.5, 0.6) is 0 Å². The van der Waals surface area contributed by atoms with Gasteiger partial charge in [-0.2, -0.15) is 17.5 Å². The van der Waals surface area contributed by atoms with E-state index < -0.39 is 32.8 Å². The van der Waals surface area contributed by atoms with Gasteiger partial charge >= 0.3 is 12.3 Å². The van der Waals surface area contributed by atoms with E-state index >= 15 is 0 Å². The van der Waals surface area contributed by atoms with Gasteiger partial charge in [0.25, 0.3) is 0 Å². The minimum atomic E-state index is -4.75. The summed E-state index contributed by atoms with van der Waals surface area (Å²) in [5.74, 6) is 0. The first-order valence-electron chi connectivity index (χ1n) is 7.81. The molecular formula is C15H17F3N2O4S. The van der Waals surface area contributed by atoms with Crippen LogP contribution in [0.2, 0.25) is 0 Å². The number of piperidine rings is 1. The van der Waals surface area contributed by atoms with Gasteiger partial charge in [-0.1, -0.05) is 12.1 Å². The van der Waals surface area contributed by atoms with Crippen molar-refractivity contribution in [1.29, 1.82) is 0 Å². The van der Waals surface area contributed by atoms with Crippen LogP contribution in [0.1, 0.15) is 18.4 Å². The maximum absolute atomic E-state index is 13.1. The van der Waals surface area contributed by atoms with Gasteiger partial charge in [-0.25, -0.2) is 13.2 Å². The van der Waals surface area contributed by atoms with E-state index in [1.165, 1.54) is 6.07 Å². The van der Waals surface area contributed by atoms with Crippen molar-refractivity contribution in [2.24, 2.45) is 0 Å². The predicted octanol–water partition coefficient (Wildman–Crippen LogP) is 2.31. The number of halogens is 3. The van der Waals surface area contributed by atoms with Crippen molar-refractivity contribution in [1.82, 2.24) is 9.21 Å². The lowest BCUT2D eigenvalue weighted by Gasteiger charge is -2.35. The molecule has 2 aliphatic rings. The maximum Gasteiger partial charge on any atom is 0.417 e. The molecule has 2 fully saturated rings. The minimum Gasteiger partial charge on any atom is -0.448 e. The van der Waals surface area contributed by atoms with Gasteiger partial charge in [-0.05, 0) is 25.0 Å². The fraction of sp³-hybridized carbons (Fsp3) is 0.533. The van der Waals surface area contributed by atoms with Crippen molar-refractivity contribution in [2.75, 3.05) is 26.2 Å². The van der Waals surface area contributed by atoms with Crippen molar-refractivity contribution >= 4 is 16.1 Å².